The minimum Gasteiger partial charge on any atom is -0.383 e. The Labute approximate surface area is 115 Å². The van der Waals surface area contributed by atoms with Gasteiger partial charge in [0.1, 0.15) is 0 Å². The van der Waals surface area contributed by atoms with Crippen molar-refractivity contribution in [3.05, 3.63) is 11.9 Å². The van der Waals surface area contributed by atoms with Crippen LogP contribution in [0.5, 0.6) is 0 Å². The van der Waals surface area contributed by atoms with E-state index in [-0.39, 0.29) is 0 Å². The predicted octanol–water partition coefficient (Wildman–Crippen LogP) is 2.69. The first-order valence-corrected chi connectivity index (χ1v) is 7.54. The van der Waals surface area contributed by atoms with E-state index in [1.165, 1.54) is 25.7 Å². The van der Waals surface area contributed by atoms with Crippen molar-refractivity contribution < 1.29 is 4.74 Å². The summed E-state index contributed by atoms with van der Waals surface area (Å²) in [6.45, 7) is 4.75. The van der Waals surface area contributed by atoms with E-state index in [0.29, 0.717) is 0 Å². The van der Waals surface area contributed by atoms with E-state index in [9.17, 15) is 0 Å². The summed E-state index contributed by atoms with van der Waals surface area (Å²) in [5.74, 6) is 3.88. The van der Waals surface area contributed by atoms with Crippen molar-refractivity contribution >= 4 is 5.95 Å². The predicted molar refractivity (Wildman–Crippen MR) is 76.3 cm³/mol. The Hall–Kier alpha value is -1.03. The van der Waals surface area contributed by atoms with Crippen LogP contribution in [0.15, 0.2) is 6.20 Å². The highest BCUT2D eigenvalue weighted by molar-refractivity contribution is 5.29. The van der Waals surface area contributed by atoms with E-state index in [2.05, 4.69) is 21.1 Å². The van der Waals surface area contributed by atoms with Crippen molar-refractivity contribution in [1.29, 1.82) is 0 Å². The molecule has 1 aromatic rings. The van der Waals surface area contributed by atoms with Gasteiger partial charge in [-0.05, 0) is 50.4 Å². The van der Waals surface area contributed by atoms with Gasteiger partial charge in [-0.1, -0.05) is 0 Å². The van der Waals surface area contributed by atoms with Crippen molar-refractivity contribution in [1.82, 2.24) is 9.55 Å². The number of aryl methyl sites for hydroxylation is 1. The summed E-state index contributed by atoms with van der Waals surface area (Å²) in [5.41, 5.74) is 1.08. The molecule has 0 atom stereocenters. The summed E-state index contributed by atoms with van der Waals surface area (Å²) in [6, 6.07) is 0. The van der Waals surface area contributed by atoms with Crippen LogP contribution >= 0.6 is 0 Å². The second-order valence-electron chi connectivity index (χ2n) is 6.11. The highest BCUT2D eigenvalue weighted by Crippen LogP contribution is 2.49. The van der Waals surface area contributed by atoms with E-state index >= 15 is 0 Å². The van der Waals surface area contributed by atoms with Gasteiger partial charge in [-0.3, -0.25) is 0 Å². The number of methoxy groups -OCH3 is 1. The smallest absolute Gasteiger partial charge is 0.203 e. The van der Waals surface area contributed by atoms with Crippen molar-refractivity contribution in [2.45, 2.75) is 39.2 Å². The number of aromatic nitrogens is 2. The molecule has 0 aromatic carbocycles. The summed E-state index contributed by atoms with van der Waals surface area (Å²) in [5, 5.41) is 3.58. The summed E-state index contributed by atoms with van der Waals surface area (Å²) in [7, 11) is 1.74. The fraction of sp³-hybridized carbons (Fsp3) is 0.800. The number of hydrogen-bond acceptors (Lipinski definition) is 3. The molecular weight excluding hydrogens is 238 g/mol. The van der Waals surface area contributed by atoms with Crippen LogP contribution in [0.3, 0.4) is 0 Å². The topological polar surface area (TPSA) is 39.1 Å². The quantitative estimate of drug-likeness (QED) is 0.784. The Morgan fingerprint density at radius 1 is 1.37 bits per heavy atom. The molecule has 0 radical (unpaired) electrons. The fourth-order valence-electron chi connectivity index (χ4n) is 3.02. The number of rotatable bonds is 8. The van der Waals surface area contributed by atoms with Crippen LogP contribution in [-0.4, -0.2) is 29.8 Å². The normalized spacial score (nSPS) is 19.1. The van der Waals surface area contributed by atoms with Crippen LogP contribution < -0.4 is 5.32 Å². The third-order valence-electron chi connectivity index (χ3n) is 4.38. The zero-order valence-electron chi connectivity index (χ0n) is 12.1. The molecule has 0 aliphatic heterocycles. The third-order valence-corrected chi connectivity index (χ3v) is 4.38. The molecule has 1 N–H and O–H groups in total. The lowest BCUT2D eigenvalue weighted by Crippen LogP contribution is -2.20. The molecule has 2 saturated carbocycles. The lowest BCUT2D eigenvalue weighted by atomic mass is 9.98. The van der Waals surface area contributed by atoms with E-state index in [4.69, 9.17) is 4.74 Å². The van der Waals surface area contributed by atoms with Crippen molar-refractivity contribution in [3.8, 4) is 0 Å². The second kappa shape index (κ2) is 5.53. The van der Waals surface area contributed by atoms with Crippen LogP contribution in [0.2, 0.25) is 0 Å². The molecule has 2 aliphatic carbocycles. The molecule has 1 aromatic heterocycles. The average molecular weight is 263 g/mol. The highest BCUT2D eigenvalue weighted by atomic mass is 16.5. The molecule has 0 saturated heterocycles. The third kappa shape index (κ3) is 3.30. The molecule has 106 valence electrons. The van der Waals surface area contributed by atoms with Gasteiger partial charge in [0.25, 0.3) is 0 Å². The standard InChI is InChI=1S/C15H25N3O/c1-11-10-18(7-8-19-2)15(17-11)16-9-14(12-3-4-12)13-5-6-13/h10,12-14H,3-9H2,1-2H3,(H,16,17). The van der Waals surface area contributed by atoms with E-state index in [1.807, 2.05) is 6.92 Å². The van der Waals surface area contributed by atoms with Gasteiger partial charge >= 0.3 is 0 Å². The van der Waals surface area contributed by atoms with Gasteiger partial charge in [0.2, 0.25) is 5.95 Å². The lowest BCUT2D eigenvalue weighted by molar-refractivity contribution is 0.187. The zero-order valence-corrected chi connectivity index (χ0v) is 12.1. The molecule has 2 fully saturated rings. The molecule has 1 heterocycles. The minimum atomic E-state index is 0.735. The van der Waals surface area contributed by atoms with Crippen molar-refractivity contribution in [3.63, 3.8) is 0 Å². The summed E-state index contributed by atoms with van der Waals surface area (Å²) < 4.78 is 7.33. The molecular formula is C15H25N3O. The fourth-order valence-corrected chi connectivity index (χ4v) is 3.02. The maximum Gasteiger partial charge on any atom is 0.203 e. The van der Waals surface area contributed by atoms with E-state index in [0.717, 1.165) is 49.1 Å². The number of imidazole rings is 1. The molecule has 3 rings (SSSR count). The summed E-state index contributed by atoms with van der Waals surface area (Å²) in [6.07, 6.45) is 7.88. The highest BCUT2D eigenvalue weighted by Gasteiger charge is 2.41. The van der Waals surface area contributed by atoms with Crippen LogP contribution in [0, 0.1) is 24.7 Å². The zero-order chi connectivity index (χ0) is 13.2. The van der Waals surface area contributed by atoms with Gasteiger partial charge in [0, 0.05) is 26.4 Å². The monoisotopic (exact) mass is 263 g/mol. The number of nitrogens with one attached hydrogen (secondary N) is 1. The summed E-state index contributed by atoms with van der Waals surface area (Å²) in [4.78, 5) is 4.59. The van der Waals surface area contributed by atoms with E-state index < -0.39 is 0 Å². The molecule has 4 nitrogen and oxygen atoms in total. The molecule has 0 spiro atoms. The Morgan fingerprint density at radius 3 is 2.63 bits per heavy atom. The maximum absolute atomic E-state index is 5.16. The van der Waals surface area contributed by atoms with Crippen molar-refractivity contribution in [2.75, 3.05) is 25.6 Å². The second-order valence-corrected chi connectivity index (χ2v) is 6.11. The Kier molecular flexibility index (Phi) is 3.78. The van der Waals surface area contributed by atoms with Gasteiger partial charge in [-0.2, -0.15) is 0 Å². The molecule has 0 unspecified atom stereocenters. The van der Waals surface area contributed by atoms with Crippen LogP contribution in [0.25, 0.3) is 0 Å². The first-order valence-electron chi connectivity index (χ1n) is 7.54. The van der Waals surface area contributed by atoms with Gasteiger partial charge in [-0.25, -0.2) is 4.98 Å². The first-order chi connectivity index (χ1) is 9.28. The SMILES string of the molecule is COCCn1cc(C)nc1NCC(C1CC1)C1CC1. The number of nitrogens with zero attached hydrogens (tertiary/aromatic N) is 2. The number of ether oxygens (including phenoxy) is 1. The molecule has 0 bridgehead atoms. The summed E-state index contributed by atoms with van der Waals surface area (Å²) >= 11 is 0. The molecule has 0 amide bonds. The Morgan fingerprint density at radius 2 is 2.05 bits per heavy atom. The Balaban J connectivity index is 1.58. The minimum absolute atomic E-state index is 0.735. The Bertz CT molecular complexity index is 409. The van der Waals surface area contributed by atoms with Gasteiger partial charge < -0.3 is 14.6 Å². The molecule has 2 aliphatic rings. The maximum atomic E-state index is 5.16. The first kappa shape index (κ1) is 13.0. The van der Waals surface area contributed by atoms with Gasteiger partial charge in [-0.15, -0.1) is 0 Å². The van der Waals surface area contributed by atoms with Crippen LogP contribution in [-0.2, 0) is 11.3 Å². The van der Waals surface area contributed by atoms with E-state index in [1.54, 1.807) is 7.11 Å². The number of anilines is 1. The van der Waals surface area contributed by atoms with Crippen molar-refractivity contribution in [2.24, 2.45) is 17.8 Å². The van der Waals surface area contributed by atoms with Crippen LogP contribution in [0.1, 0.15) is 31.4 Å². The average Bonchev–Trinajstić information content (AvgIpc) is 3.27. The van der Waals surface area contributed by atoms with Crippen LogP contribution in [0.4, 0.5) is 5.95 Å². The largest absolute Gasteiger partial charge is 0.383 e. The molecule has 4 heteroatoms. The molecule has 19 heavy (non-hydrogen) atoms. The van der Waals surface area contributed by atoms with Gasteiger partial charge in [0.05, 0.1) is 12.3 Å². The van der Waals surface area contributed by atoms with Gasteiger partial charge in [0.15, 0.2) is 0 Å². The number of hydrogen-bond donors (Lipinski definition) is 1. The lowest BCUT2D eigenvalue weighted by Gasteiger charge is -2.17.